The molecule has 0 radical (unpaired) electrons. The number of nitrogens with zero attached hydrogens (tertiary/aromatic N) is 5. The quantitative estimate of drug-likeness (QED) is 0.148. The fourth-order valence-corrected chi connectivity index (χ4v) is 12.1. The van der Waals surface area contributed by atoms with Crippen LogP contribution in [0.1, 0.15) is 131 Å². The Bertz CT molecular complexity index is 2400. The molecule has 5 aliphatic rings. The molecule has 0 aromatic carbocycles. The largest absolute Gasteiger partial charge is 0.460 e. The number of hydrogen-bond acceptors (Lipinski definition) is 17. The molecule has 5 heterocycles. The van der Waals surface area contributed by atoms with E-state index in [1.807, 2.05) is 69.9 Å². The molecule has 1 saturated carbocycles. The van der Waals surface area contributed by atoms with Gasteiger partial charge in [0.15, 0.2) is 5.78 Å². The number of fused-ring (bicyclic) bond motifs is 3. The number of methoxy groups -OCH3 is 3. The number of Topliss-reactive ketones (excluding diaryl/α,β-unsaturated/α-hetero) is 3. The van der Waals surface area contributed by atoms with E-state index in [4.69, 9.17) is 28.4 Å². The van der Waals surface area contributed by atoms with Gasteiger partial charge in [0.2, 0.25) is 11.7 Å². The van der Waals surface area contributed by atoms with Crippen LogP contribution in [0.4, 0.5) is 10.7 Å². The molecule has 1 aromatic rings. The Morgan fingerprint density at radius 3 is 2.20 bits per heavy atom. The van der Waals surface area contributed by atoms with Crippen molar-refractivity contribution in [1.29, 1.82) is 0 Å². The molecular weight excluding hydrogens is 1030 g/mol. The number of piperidine rings is 1. The number of esters is 1. The van der Waals surface area contributed by atoms with Gasteiger partial charge in [-0.15, -0.1) is 0 Å². The van der Waals surface area contributed by atoms with Gasteiger partial charge in [-0.05, 0) is 119 Å². The first-order valence-corrected chi connectivity index (χ1v) is 29.1. The number of allylic oxidation sites excluding steroid dienone is 6. The summed E-state index contributed by atoms with van der Waals surface area (Å²) in [6.45, 7) is 16.7. The maximum absolute atomic E-state index is 14.7. The summed E-state index contributed by atoms with van der Waals surface area (Å²) in [5, 5.41) is 23.7. The predicted octanol–water partition coefficient (Wildman–Crippen LogP) is 7.25. The maximum atomic E-state index is 14.7. The van der Waals surface area contributed by atoms with E-state index in [2.05, 4.69) is 9.97 Å². The molecular formula is C61H91N5O14. The number of ketones is 3. The van der Waals surface area contributed by atoms with Crippen molar-refractivity contribution in [3.05, 3.63) is 65.6 Å². The van der Waals surface area contributed by atoms with Gasteiger partial charge in [-0.2, -0.15) is 0 Å². The van der Waals surface area contributed by atoms with Crippen LogP contribution in [-0.2, 0) is 52.4 Å². The molecule has 1 aliphatic carbocycles. The highest BCUT2D eigenvalue weighted by Crippen LogP contribution is 2.38. The minimum atomic E-state index is -2.46. The third-order valence-corrected chi connectivity index (χ3v) is 17.3. The topological polar surface area (TPSA) is 234 Å². The summed E-state index contributed by atoms with van der Waals surface area (Å²) in [6.07, 6.45) is 13.8. The van der Waals surface area contributed by atoms with Crippen molar-refractivity contribution in [1.82, 2.24) is 19.8 Å². The predicted molar refractivity (Wildman–Crippen MR) is 300 cm³/mol. The number of rotatable bonds is 8. The Balaban J connectivity index is 1.22. The second-order valence-electron chi connectivity index (χ2n) is 23.5. The summed E-state index contributed by atoms with van der Waals surface area (Å²) in [6, 6.07) is -1.18. The summed E-state index contributed by atoms with van der Waals surface area (Å²) in [4.78, 5) is 99.1. The van der Waals surface area contributed by atoms with Gasteiger partial charge < -0.3 is 53.3 Å². The summed E-state index contributed by atoms with van der Waals surface area (Å²) < 4.78 is 36.1. The number of cyclic esters (lactones) is 1. The van der Waals surface area contributed by atoms with E-state index in [1.54, 1.807) is 58.4 Å². The highest BCUT2D eigenvalue weighted by Gasteiger charge is 2.53. The minimum Gasteiger partial charge on any atom is -0.460 e. The summed E-state index contributed by atoms with van der Waals surface area (Å²) in [5.41, 5.74) is 2.20. The number of piperazine rings is 1. The zero-order valence-electron chi connectivity index (χ0n) is 49.3. The Labute approximate surface area is 473 Å². The van der Waals surface area contributed by atoms with Crippen LogP contribution in [0.5, 0.6) is 0 Å². The lowest BCUT2D eigenvalue weighted by molar-refractivity contribution is -0.265. The second kappa shape index (κ2) is 29.7. The summed E-state index contributed by atoms with van der Waals surface area (Å²) in [5.74, 6) is -7.74. The molecule has 3 saturated heterocycles. The van der Waals surface area contributed by atoms with Crippen LogP contribution in [0.15, 0.2) is 60.0 Å². The highest BCUT2D eigenvalue weighted by atomic mass is 16.6. The average molecular weight is 1120 g/mol. The SMILES string of the molecule is CO[C@H]1C[C@@H]2CC[C@@H](C)[C@@](O)(O2)C(=O)C(=O)N2CCCC[C@H]2C(=O)O[C@H]([C@H](C)C[C@@H]2CC[C@@H](OC(=O)N3CCN(c4ncc(C)cn4)CC3)[C@H](OC)C2)CC(=O)[C@H](C)/C=C(\C)[C@@H](O)[C@@H](OC)C(=O)[C@H](C)C[C@H](C)/C=C/C=C/C=C/1C. The minimum absolute atomic E-state index is 0.0000538. The maximum Gasteiger partial charge on any atom is 0.410 e. The molecule has 6 rings (SSSR count). The number of aliphatic hydroxyl groups excluding tert-OH is 1. The number of amides is 2. The molecule has 2 N–H and O–H groups in total. The monoisotopic (exact) mass is 1120 g/mol. The van der Waals surface area contributed by atoms with E-state index in [-0.39, 0.29) is 42.8 Å². The lowest BCUT2D eigenvalue weighted by Crippen LogP contribution is -2.61. The Morgan fingerprint density at radius 1 is 0.812 bits per heavy atom. The fraction of sp³-hybridized carbons (Fsp3) is 0.705. The van der Waals surface area contributed by atoms with Crippen molar-refractivity contribution in [2.45, 2.75) is 187 Å². The van der Waals surface area contributed by atoms with Crippen LogP contribution in [0, 0.1) is 42.4 Å². The van der Waals surface area contributed by atoms with Gasteiger partial charge in [0.1, 0.15) is 36.2 Å². The molecule has 19 heteroatoms. The molecule has 1 aromatic heterocycles. The fourth-order valence-electron chi connectivity index (χ4n) is 12.1. The lowest BCUT2D eigenvalue weighted by Gasteiger charge is -2.42. The van der Waals surface area contributed by atoms with E-state index >= 15 is 0 Å². The molecule has 444 valence electrons. The first-order valence-electron chi connectivity index (χ1n) is 29.1. The van der Waals surface area contributed by atoms with E-state index in [9.17, 15) is 39.0 Å². The Hall–Kier alpha value is -5.18. The molecule has 2 bridgehead atoms. The first kappa shape index (κ1) is 64.0. The first-order chi connectivity index (χ1) is 38.1. The summed E-state index contributed by atoms with van der Waals surface area (Å²) in [7, 11) is 4.54. The number of aliphatic hydroxyl groups is 2. The third-order valence-electron chi connectivity index (χ3n) is 17.3. The van der Waals surface area contributed by atoms with E-state index < -0.39 is 102 Å². The number of aryl methyl sites for hydroxylation is 1. The van der Waals surface area contributed by atoms with Crippen LogP contribution in [0.2, 0.25) is 0 Å². The molecule has 4 aliphatic heterocycles. The molecule has 19 nitrogen and oxygen atoms in total. The van der Waals surface area contributed by atoms with E-state index in [0.717, 1.165) is 11.1 Å². The zero-order chi connectivity index (χ0) is 58.4. The molecule has 0 unspecified atom stereocenters. The van der Waals surface area contributed by atoms with Crippen LogP contribution >= 0.6 is 0 Å². The van der Waals surface area contributed by atoms with E-state index in [1.165, 1.54) is 12.0 Å². The molecule has 4 fully saturated rings. The number of anilines is 1. The molecule has 80 heavy (non-hydrogen) atoms. The van der Waals surface area contributed by atoms with Gasteiger partial charge >= 0.3 is 12.1 Å². The zero-order valence-corrected chi connectivity index (χ0v) is 49.3. The van der Waals surface area contributed by atoms with Crippen LogP contribution < -0.4 is 4.90 Å². The second-order valence-corrected chi connectivity index (χ2v) is 23.5. The standard InChI is InChI=1S/C61H91N5O14/c1-37-17-13-12-14-18-39(3)50(75-9)33-46-22-20-44(8)61(74,80-46)56(70)57(71)66-24-16-15-19-47(66)58(72)78-51(34-48(67)40(4)30-43(7)54(69)55(77-11)53(68)42(6)29-37)41(5)31-45-21-23-49(52(32-45)76-10)79-60(73)65-27-25-64(26-28-65)59-62-35-38(2)36-63-59/h12-14,17-18,30,35-37,40-42,44-47,49-52,54-55,69,74H,15-16,19-29,31-34H2,1-11H3/b14-12+,17-13+,39-18+,43-30+/t37-,40-,41-,42-,44-,45+,46+,47+,49-,50+,51+,52-,54-,55+,61-/m1/s1. The lowest BCUT2D eigenvalue weighted by atomic mass is 9.78. The Morgan fingerprint density at radius 2 is 1.52 bits per heavy atom. The molecule has 0 spiro atoms. The smallest absolute Gasteiger partial charge is 0.410 e. The third kappa shape index (κ3) is 16.5. The van der Waals surface area contributed by atoms with Gasteiger partial charge in [0, 0.05) is 97.0 Å². The average Bonchev–Trinajstić information content (AvgIpc) is 3.44. The summed E-state index contributed by atoms with van der Waals surface area (Å²) >= 11 is 0. The number of ether oxygens (including phenoxy) is 6. The van der Waals surface area contributed by atoms with Crippen LogP contribution in [0.3, 0.4) is 0 Å². The van der Waals surface area contributed by atoms with Crippen molar-refractivity contribution in [2.24, 2.45) is 35.5 Å². The van der Waals surface area contributed by atoms with E-state index in [0.29, 0.717) is 102 Å². The van der Waals surface area contributed by atoms with Gasteiger partial charge in [-0.25, -0.2) is 19.6 Å². The molecule has 2 amide bonds. The van der Waals surface area contributed by atoms with Gasteiger partial charge in [0.05, 0.1) is 18.3 Å². The van der Waals surface area contributed by atoms with Crippen molar-refractivity contribution in [3.63, 3.8) is 0 Å². The van der Waals surface area contributed by atoms with Crippen LogP contribution in [-0.4, -0.2) is 174 Å². The van der Waals surface area contributed by atoms with Crippen molar-refractivity contribution < 1.29 is 67.4 Å². The molecule has 15 atom stereocenters. The number of aromatic nitrogens is 2. The van der Waals surface area contributed by atoms with Crippen molar-refractivity contribution in [3.8, 4) is 0 Å². The highest BCUT2D eigenvalue weighted by molar-refractivity contribution is 6.39. The Kier molecular flexibility index (Phi) is 23.8. The number of hydrogen-bond donors (Lipinski definition) is 2. The number of carbonyl (C=O) groups excluding carboxylic acids is 6. The number of carbonyl (C=O) groups is 6. The van der Waals surface area contributed by atoms with Gasteiger partial charge in [-0.1, -0.05) is 71.1 Å². The van der Waals surface area contributed by atoms with Crippen LogP contribution in [0.25, 0.3) is 0 Å². The van der Waals surface area contributed by atoms with Gasteiger partial charge in [-0.3, -0.25) is 19.2 Å². The normalized spacial score (nSPS) is 36.1. The van der Waals surface area contributed by atoms with Crippen molar-refractivity contribution >= 4 is 41.3 Å². The van der Waals surface area contributed by atoms with Crippen molar-refractivity contribution in [2.75, 3.05) is 59.0 Å². The van der Waals surface area contributed by atoms with Gasteiger partial charge in [0.25, 0.3) is 11.7 Å².